The SMILES string of the molecule is C=C(C)CSc1nnc2n(-c3ccccc3)c(=O)c3c4c(sc3n12)C[C@@H](C(C)(C)C)CC4. The average molecular weight is 465 g/mol. The third-order valence-corrected chi connectivity index (χ3v) is 8.77. The third kappa shape index (κ3) is 3.52. The van der Waals surface area contributed by atoms with Crippen LogP contribution in [0.1, 0.15) is 44.6 Å². The van der Waals surface area contributed by atoms with Crippen molar-refractivity contribution in [3.63, 3.8) is 0 Å². The van der Waals surface area contributed by atoms with Gasteiger partial charge in [-0.2, -0.15) is 0 Å². The first-order valence-electron chi connectivity index (χ1n) is 11.0. The lowest BCUT2D eigenvalue weighted by atomic mass is 9.72. The van der Waals surface area contributed by atoms with Crippen molar-refractivity contribution in [1.82, 2.24) is 19.2 Å². The molecule has 3 aromatic heterocycles. The summed E-state index contributed by atoms with van der Waals surface area (Å²) in [5, 5.41) is 10.6. The Morgan fingerprint density at radius 3 is 2.69 bits per heavy atom. The zero-order valence-corrected chi connectivity index (χ0v) is 20.6. The number of hydrogen-bond acceptors (Lipinski definition) is 5. The van der Waals surface area contributed by atoms with Crippen LogP contribution in [0, 0.1) is 11.3 Å². The predicted molar refractivity (Wildman–Crippen MR) is 134 cm³/mol. The molecule has 0 aliphatic heterocycles. The first kappa shape index (κ1) is 21.5. The molecule has 0 bridgehead atoms. The molecule has 1 aliphatic carbocycles. The van der Waals surface area contributed by atoms with Gasteiger partial charge in [0, 0.05) is 10.6 Å². The molecule has 0 saturated heterocycles. The molecular formula is C25H28N4OS2. The van der Waals surface area contributed by atoms with E-state index in [-0.39, 0.29) is 11.0 Å². The number of rotatable bonds is 4. The zero-order valence-electron chi connectivity index (χ0n) is 19.0. The molecule has 0 N–H and O–H groups in total. The molecule has 0 spiro atoms. The highest BCUT2D eigenvalue weighted by atomic mass is 32.2. The van der Waals surface area contributed by atoms with E-state index in [1.165, 1.54) is 10.4 Å². The molecule has 1 aromatic carbocycles. The van der Waals surface area contributed by atoms with Crippen molar-refractivity contribution in [3.8, 4) is 5.69 Å². The highest BCUT2D eigenvalue weighted by Crippen LogP contribution is 2.43. The van der Waals surface area contributed by atoms with Gasteiger partial charge in [-0.1, -0.05) is 62.9 Å². The Morgan fingerprint density at radius 1 is 1.25 bits per heavy atom. The molecule has 32 heavy (non-hydrogen) atoms. The summed E-state index contributed by atoms with van der Waals surface area (Å²) >= 11 is 3.38. The van der Waals surface area contributed by atoms with Crippen LogP contribution in [-0.4, -0.2) is 24.9 Å². The highest BCUT2D eigenvalue weighted by molar-refractivity contribution is 7.99. The van der Waals surface area contributed by atoms with E-state index in [9.17, 15) is 4.79 Å². The van der Waals surface area contributed by atoms with Crippen molar-refractivity contribution in [2.45, 2.75) is 52.1 Å². The number of thiophene rings is 1. The second kappa shape index (κ2) is 7.89. The Morgan fingerprint density at radius 2 is 2.00 bits per heavy atom. The summed E-state index contributed by atoms with van der Waals surface area (Å²) in [5.74, 6) is 1.96. The quantitative estimate of drug-likeness (QED) is 0.278. The van der Waals surface area contributed by atoms with Gasteiger partial charge in [0.05, 0.1) is 11.1 Å². The molecule has 4 aromatic rings. The van der Waals surface area contributed by atoms with Gasteiger partial charge in [0.15, 0.2) is 5.16 Å². The Labute approximate surface area is 196 Å². The second-order valence-electron chi connectivity index (χ2n) is 9.83. The van der Waals surface area contributed by atoms with Crippen LogP contribution in [0.2, 0.25) is 0 Å². The first-order valence-corrected chi connectivity index (χ1v) is 12.8. The molecule has 0 radical (unpaired) electrons. The van der Waals surface area contributed by atoms with Crippen LogP contribution in [0.25, 0.3) is 21.7 Å². The van der Waals surface area contributed by atoms with Gasteiger partial charge in [-0.25, -0.2) is 8.97 Å². The smallest absolute Gasteiger partial charge is 0.268 e. The van der Waals surface area contributed by atoms with Gasteiger partial charge in [0.1, 0.15) is 4.83 Å². The summed E-state index contributed by atoms with van der Waals surface area (Å²) in [7, 11) is 0. The number of para-hydroxylation sites is 1. The highest BCUT2D eigenvalue weighted by Gasteiger charge is 2.33. The normalized spacial score (nSPS) is 16.6. The molecule has 1 atom stereocenters. The van der Waals surface area contributed by atoms with Gasteiger partial charge in [0.25, 0.3) is 5.56 Å². The number of aryl methyl sites for hydroxylation is 1. The van der Waals surface area contributed by atoms with Crippen molar-refractivity contribution >= 4 is 39.1 Å². The van der Waals surface area contributed by atoms with Gasteiger partial charge in [-0.05, 0) is 55.2 Å². The van der Waals surface area contributed by atoms with E-state index in [2.05, 4.69) is 41.9 Å². The van der Waals surface area contributed by atoms with Crippen LogP contribution in [0.5, 0.6) is 0 Å². The van der Waals surface area contributed by atoms with E-state index in [1.54, 1.807) is 27.7 Å². The van der Waals surface area contributed by atoms with E-state index in [1.807, 2.05) is 37.3 Å². The maximum absolute atomic E-state index is 13.9. The van der Waals surface area contributed by atoms with Crippen LogP contribution < -0.4 is 5.56 Å². The standard InChI is InChI=1S/C25H28N4OS2/c1-15(2)14-31-24-27-26-23-28(17-9-7-6-8-10-17)21(30)20-18-12-11-16(25(3,4)5)13-19(18)32-22(20)29(23)24/h6-10,16H,1,11-14H2,2-5H3/t16-/m0/s1. The molecule has 5 rings (SSSR count). The average Bonchev–Trinajstić information content (AvgIpc) is 3.33. The summed E-state index contributed by atoms with van der Waals surface area (Å²) in [6, 6.07) is 9.77. The lowest BCUT2D eigenvalue weighted by molar-refractivity contribution is 0.218. The van der Waals surface area contributed by atoms with Gasteiger partial charge < -0.3 is 0 Å². The number of nitrogens with zero attached hydrogens (tertiary/aromatic N) is 4. The fourth-order valence-corrected chi connectivity index (χ4v) is 6.82. The van der Waals surface area contributed by atoms with Crippen LogP contribution in [0.4, 0.5) is 0 Å². The minimum absolute atomic E-state index is 0.00857. The minimum atomic E-state index is 0.00857. The van der Waals surface area contributed by atoms with E-state index < -0.39 is 0 Å². The monoisotopic (exact) mass is 464 g/mol. The van der Waals surface area contributed by atoms with Crippen molar-refractivity contribution < 1.29 is 0 Å². The van der Waals surface area contributed by atoms with Crippen molar-refractivity contribution in [3.05, 3.63) is 63.3 Å². The lowest BCUT2D eigenvalue weighted by Gasteiger charge is -2.33. The first-order chi connectivity index (χ1) is 15.3. The second-order valence-corrected chi connectivity index (χ2v) is 11.9. The molecule has 166 valence electrons. The summed E-state index contributed by atoms with van der Waals surface area (Å²) in [6.45, 7) is 13.0. The molecule has 5 nitrogen and oxygen atoms in total. The number of aromatic nitrogens is 4. The third-order valence-electron chi connectivity index (χ3n) is 6.37. The summed E-state index contributed by atoms with van der Waals surface area (Å²) in [5.41, 5.74) is 3.39. The van der Waals surface area contributed by atoms with E-state index >= 15 is 0 Å². The molecule has 3 heterocycles. The van der Waals surface area contributed by atoms with E-state index in [0.29, 0.717) is 11.7 Å². The van der Waals surface area contributed by atoms with Gasteiger partial charge in [-0.15, -0.1) is 21.5 Å². The molecule has 1 aliphatic rings. The van der Waals surface area contributed by atoms with Gasteiger partial charge in [0.2, 0.25) is 5.78 Å². The van der Waals surface area contributed by atoms with Crippen molar-refractivity contribution in [1.29, 1.82) is 0 Å². The van der Waals surface area contributed by atoms with E-state index in [0.717, 1.165) is 51.6 Å². The summed E-state index contributed by atoms with van der Waals surface area (Å²) < 4.78 is 3.81. The fourth-order valence-electron chi connectivity index (χ4n) is 4.57. The summed E-state index contributed by atoms with van der Waals surface area (Å²) in [4.78, 5) is 16.2. The molecule has 0 unspecified atom stereocenters. The van der Waals surface area contributed by atoms with Crippen LogP contribution in [0.15, 0.2) is 52.4 Å². The van der Waals surface area contributed by atoms with E-state index in [4.69, 9.17) is 0 Å². The Balaban J connectivity index is 1.81. The maximum Gasteiger partial charge on any atom is 0.268 e. The molecule has 7 heteroatoms. The zero-order chi connectivity index (χ0) is 22.6. The molecular weight excluding hydrogens is 436 g/mol. The van der Waals surface area contributed by atoms with Gasteiger partial charge in [-0.3, -0.25) is 4.79 Å². The molecule has 0 saturated carbocycles. The van der Waals surface area contributed by atoms with Crippen LogP contribution >= 0.6 is 23.1 Å². The van der Waals surface area contributed by atoms with Crippen molar-refractivity contribution in [2.75, 3.05) is 5.75 Å². The lowest BCUT2D eigenvalue weighted by Crippen LogP contribution is -2.27. The Kier molecular flexibility index (Phi) is 5.29. The maximum atomic E-state index is 13.9. The Bertz CT molecular complexity index is 1390. The fraction of sp³-hybridized carbons (Fsp3) is 0.400. The number of thioether (sulfide) groups is 1. The summed E-state index contributed by atoms with van der Waals surface area (Å²) in [6.07, 6.45) is 3.09. The molecule has 0 amide bonds. The van der Waals surface area contributed by atoms with Crippen molar-refractivity contribution in [2.24, 2.45) is 11.3 Å². The largest absolute Gasteiger partial charge is 0.268 e. The van der Waals surface area contributed by atoms with Crippen LogP contribution in [0.3, 0.4) is 0 Å². The van der Waals surface area contributed by atoms with Crippen LogP contribution in [-0.2, 0) is 12.8 Å². The predicted octanol–water partition coefficient (Wildman–Crippen LogP) is 5.91. The number of fused-ring (bicyclic) bond motifs is 5. The number of hydrogen-bond donors (Lipinski definition) is 0. The minimum Gasteiger partial charge on any atom is -0.268 e. The van der Waals surface area contributed by atoms with Gasteiger partial charge >= 0.3 is 0 Å². The number of benzene rings is 1. The topological polar surface area (TPSA) is 52.2 Å². The molecule has 0 fully saturated rings. The Hall–Kier alpha value is -2.38.